The zero-order chi connectivity index (χ0) is 13.8. The summed E-state index contributed by atoms with van der Waals surface area (Å²) in [5, 5.41) is 3.03. The van der Waals surface area contributed by atoms with Gasteiger partial charge in [0, 0.05) is 24.2 Å². The van der Waals surface area contributed by atoms with Gasteiger partial charge in [0.1, 0.15) is 5.82 Å². The first-order valence-corrected chi connectivity index (χ1v) is 7.17. The Morgan fingerprint density at radius 3 is 2.74 bits per heavy atom. The first-order chi connectivity index (χ1) is 9.08. The van der Waals surface area contributed by atoms with Crippen molar-refractivity contribution in [1.29, 1.82) is 0 Å². The molecule has 2 nitrogen and oxygen atoms in total. The van der Waals surface area contributed by atoms with E-state index >= 15 is 0 Å². The minimum atomic E-state index is -0.209. The maximum atomic E-state index is 13.6. The molecule has 1 N–H and O–H groups in total. The van der Waals surface area contributed by atoms with Gasteiger partial charge in [0.15, 0.2) is 0 Å². The highest BCUT2D eigenvalue weighted by Gasteiger charge is 2.07. The molecule has 19 heavy (non-hydrogen) atoms. The molecule has 0 unspecified atom stereocenters. The van der Waals surface area contributed by atoms with Crippen molar-refractivity contribution < 1.29 is 4.39 Å². The van der Waals surface area contributed by atoms with E-state index in [1.54, 1.807) is 23.5 Å². The van der Waals surface area contributed by atoms with Gasteiger partial charge in [0.05, 0.1) is 10.9 Å². The molecule has 2 aromatic rings. The van der Waals surface area contributed by atoms with E-state index < -0.39 is 0 Å². The molecule has 5 heteroatoms. The highest BCUT2D eigenvalue weighted by atomic mass is 35.5. The first kappa shape index (κ1) is 14.3. The molecule has 102 valence electrons. The molecule has 0 aliphatic rings. The van der Waals surface area contributed by atoms with Gasteiger partial charge < -0.3 is 10.2 Å². The van der Waals surface area contributed by atoms with Crippen LogP contribution in [0, 0.1) is 5.82 Å². The standard InChI is InChI=1S/C14H16ClFN2S/c1-17-8-10-5-11(16)7-12(6-10)18(2)9-13-3-4-14(15)19-13/h3-7,17H,8-9H2,1-2H3. The summed E-state index contributed by atoms with van der Waals surface area (Å²) in [6.45, 7) is 1.38. The van der Waals surface area contributed by atoms with Crippen LogP contribution >= 0.6 is 22.9 Å². The summed E-state index contributed by atoms with van der Waals surface area (Å²) in [7, 11) is 3.80. The lowest BCUT2D eigenvalue weighted by molar-refractivity contribution is 0.623. The number of rotatable bonds is 5. The molecule has 0 fully saturated rings. The minimum absolute atomic E-state index is 0.209. The Balaban J connectivity index is 2.15. The van der Waals surface area contributed by atoms with Crippen molar-refractivity contribution in [3.05, 3.63) is 50.9 Å². The highest BCUT2D eigenvalue weighted by Crippen LogP contribution is 2.25. The fourth-order valence-electron chi connectivity index (χ4n) is 1.92. The summed E-state index contributed by atoms with van der Waals surface area (Å²) in [6, 6.07) is 8.98. The zero-order valence-corrected chi connectivity index (χ0v) is 12.5. The van der Waals surface area contributed by atoms with Crippen molar-refractivity contribution in [3.63, 3.8) is 0 Å². The van der Waals surface area contributed by atoms with Crippen LogP contribution in [0.2, 0.25) is 4.34 Å². The molecule has 0 bridgehead atoms. The average Bonchev–Trinajstić information content (AvgIpc) is 2.74. The van der Waals surface area contributed by atoms with E-state index in [1.165, 1.54) is 0 Å². The lowest BCUT2D eigenvalue weighted by atomic mass is 10.2. The average molecular weight is 299 g/mol. The van der Waals surface area contributed by atoms with Gasteiger partial charge in [0.25, 0.3) is 0 Å². The molecule has 0 amide bonds. The van der Waals surface area contributed by atoms with Crippen LogP contribution in [0.4, 0.5) is 10.1 Å². The zero-order valence-electron chi connectivity index (χ0n) is 10.9. The van der Waals surface area contributed by atoms with Gasteiger partial charge in [-0.3, -0.25) is 0 Å². The van der Waals surface area contributed by atoms with Crippen molar-refractivity contribution in [1.82, 2.24) is 5.32 Å². The van der Waals surface area contributed by atoms with E-state index in [4.69, 9.17) is 11.6 Å². The molecule has 0 atom stereocenters. The van der Waals surface area contributed by atoms with Crippen LogP contribution in [-0.4, -0.2) is 14.1 Å². The van der Waals surface area contributed by atoms with Crippen LogP contribution in [0.3, 0.4) is 0 Å². The Kier molecular flexibility index (Phi) is 4.80. The van der Waals surface area contributed by atoms with E-state index in [9.17, 15) is 4.39 Å². The molecular formula is C14H16ClFN2S. The summed E-state index contributed by atoms with van der Waals surface area (Å²) in [6.07, 6.45) is 0. The maximum Gasteiger partial charge on any atom is 0.125 e. The summed E-state index contributed by atoms with van der Waals surface area (Å²) < 4.78 is 14.4. The second-order valence-corrected chi connectivity index (χ2v) is 6.21. The van der Waals surface area contributed by atoms with Crippen LogP contribution < -0.4 is 10.2 Å². The molecule has 1 aromatic carbocycles. The van der Waals surface area contributed by atoms with E-state index in [1.807, 2.05) is 37.2 Å². The van der Waals surface area contributed by atoms with E-state index in [2.05, 4.69) is 5.32 Å². The Morgan fingerprint density at radius 1 is 1.32 bits per heavy atom. The second-order valence-electron chi connectivity index (χ2n) is 4.41. The lowest BCUT2D eigenvalue weighted by Crippen LogP contribution is -2.16. The maximum absolute atomic E-state index is 13.6. The van der Waals surface area contributed by atoms with Gasteiger partial charge in [-0.2, -0.15) is 0 Å². The quantitative estimate of drug-likeness (QED) is 0.901. The predicted molar refractivity (Wildman–Crippen MR) is 80.6 cm³/mol. The Labute approximate surface area is 121 Å². The predicted octanol–water partition coefficient (Wildman–Crippen LogP) is 3.90. The first-order valence-electron chi connectivity index (χ1n) is 5.98. The Bertz CT molecular complexity index is 556. The number of nitrogens with one attached hydrogen (secondary N) is 1. The lowest BCUT2D eigenvalue weighted by Gasteiger charge is -2.19. The molecule has 0 aliphatic carbocycles. The van der Waals surface area contributed by atoms with Gasteiger partial charge in [-0.25, -0.2) is 4.39 Å². The number of hydrogen-bond donors (Lipinski definition) is 1. The van der Waals surface area contributed by atoms with Gasteiger partial charge in [0.2, 0.25) is 0 Å². The normalized spacial score (nSPS) is 10.7. The molecule has 0 saturated heterocycles. The summed E-state index contributed by atoms with van der Waals surface area (Å²) in [5.74, 6) is -0.209. The Hall–Kier alpha value is -1.10. The molecule has 1 heterocycles. The van der Waals surface area contributed by atoms with E-state index in [0.717, 1.165) is 27.0 Å². The van der Waals surface area contributed by atoms with Crippen LogP contribution in [0.1, 0.15) is 10.4 Å². The summed E-state index contributed by atoms with van der Waals surface area (Å²) >= 11 is 7.46. The smallest absolute Gasteiger partial charge is 0.125 e. The van der Waals surface area contributed by atoms with Crippen molar-refractivity contribution in [2.45, 2.75) is 13.1 Å². The molecule has 0 aliphatic heterocycles. The van der Waals surface area contributed by atoms with Crippen molar-refractivity contribution in [3.8, 4) is 0 Å². The number of nitrogens with zero attached hydrogens (tertiary/aromatic N) is 1. The fraction of sp³-hybridized carbons (Fsp3) is 0.286. The molecule has 1 aromatic heterocycles. The van der Waals surface area contributed by atoms with E-state index in [0.29, 0.717) is 6.54 Å². The molecule has 0 spiro atoms. The van der Waals surface area contributed by atoms with Crippen LogP contribution in [0.15, 0.2) is 30.3 Å². The van der Waals surface area contributed by atoms with Crippen LogP contribution in [0.25, 0.3) is 0 Å². The topological polar surface area (TPSA) is 15.3 Å². The van der Waals surface area contributed by atoms with Gasteiger partial charge in [-0.15, -0.1) is 11.3 Å². The SMILES string of the molecule is CNCc1cc(F)cc(N(C)Cc2ccc(Cl)s2)c1. The highest BCUT2D eigenvalue weighted by molar-refractivity contribution is 7.16. The second kappa shape index (κ2) is 6.37. The van der Waals surface area contributed by atoms with Gasteiger partial charge in [-0.05, 0) is 42.9 Å². The summed E-state index contributed by atoms with van der Waals surface area (Å²) in [5.41, 5.74) is 1.81. The number of thiophene rings is 1. The van der Waals surface area contributed by atoms with Crippen molar-refractivity contribution in [2.75, 3.05) is 19.0 Å². The van der Waals surface area contributed by atoms with Crippen LogP contribution in [-0.2, 0) is 13.1 Å². The molecule has 2 rings (SSSR count). The van der Waals surface area contributed by atoms with Crippen molar-refractivity contribution >= 4 is 28.6 Å². The number of anilines is 1. The third kappa shape index (κ3) is 3.93. The number of hydrogen-bond acceptors (Lipinski definition) is 3. The monoisotopic (exact) mass is 298 g/mol. The number of benzene rings is 1. The molecule has 0 radical (unpaired) electrons. The van der Waals surface area contributed by atoms with Crippen LogP contribution in [0.5, 0.6) is 0 Å². The minimum Gasteiger partial charge on any atom is -0.369 e. The largest absolute Gasteiger partial charge is 0.369 e. The summed E-state index contributed by atoms with van der Waals surface area (Å²) in [4.78, 5) is 3.18. The van der Waals surface area contributed by atoms with Gasteiger partial charge in [-0.1, -0.05) is 11.6 Å². The molecular weight excluding hydrogens is 283 g/mol. The third-order valence-corrected chi connectivity index (χ3v) is 4.00. The Morgan fingerprint density at radius 2 is 2.11 bits per heavy atom. The van der Waals surface area contributed by atoms with E-state index in [-0.39, 0.29) is 5.82 Å². The van der Waals surface area contributed by atoms with Crippen molar-refractivity contribution in [2.24, 2.45) is 0 Å². The van der Waals surface area contributed by atoms with Gasteiger partial charge >= 0.3 is 0 Å². The fourth-order valence-corrected chi connectivity index (χ4v) is 3.06. The molecule has 0 saturated carbocycles. The number of halogens is 2. The third-order valence-electron chi connectivity index (χ3n) is 2.79.